The van der Waals surface area contributed by atoms with E-state index in [4.69, 9.17) is 0 Å². The van der Waals surface area contributed by atoms with E-state index in [2.05, 4.69) is 32.8 Å². The van der Waals surface area contributed by atoms with Gasteiger partial charge in [-0.3, -0.25) is 0 Å². The van der Waals surface area contributed by atoms with Crippen molar-refractivity contribution >= 4 is 0 Å². The zero-order valence-corrected chi connectivity index (χ0v) is 9.38. The van der Waals surface area contributed by atoms with E-state index < -0.39 is 0 Å². The minimum absolute atomic E-state index is 0.0737. The fourth-order valence-corrected chi connectivity index (χ4v) is 2.38. The van der Waals surface area contributed by atoms with E-state index in [0.29, 0.717) is 11.3 Å². The van der Waals surface area contributed by atoms with Crippen molar-refractivity contribution < 1.29 is 5.11 Å². The smallest absolute Gasteiger partial charge is 0.0581 e. The van der Waals surface area contributed by atoms with Crippen LogP contribution in [0, 0.1) is 11.3 Å². The molecule has 0 saturated heterocycles. The Bertz CT molecular complexity index is 165. The molecule has 1 aliphatic rings. The van der Waals surface area contributed by atoms with E-state index in [9.17, 15) is 5.11 Å². The van der Waals surface area contributed by atoms with Crippen molar-refractivity contribution in [1.29, 1.82) is 0 Å². The molecule has 2 unspecified atom stereocenters. The summed E-state index contributed by atoms with van der Waals surface area (Å²) in [7, 11) is 4.16. The molecule has 0 aromatic heterocycles. The predicted octanol–water partition coefficient (Wildman–Crippen LogP) is 1.74. The fourth-order valence-electron chi connectivity index (χ4n) is 2.38. The molecule has 1 saturated carbocycles. The molecule has 0 spiro atoms. The third kappa shape index (κ3) is 3.28. The van der Waals surface area contributed by atoms with E-state index in [0.717, 1.165) is 25.8 Å². The fraction of sp³-hybridized carbons (Fsp3) is 1.00. The van der Waals surface area contributed by atoms with Crippen LogP contribution in [0.4, 0.5) is 0 Å². The van der Waals surface area contributed by atoms with Crippen LogP contribution in [0.1, 0.15) is 33.1 Å². The van der Waals surface area contributed by atoms with Crippen LogP contribution in [0.25, 0.3) is 0 Å². The molecule has 1 aliphatic carbocycles. The highest BCUT2D eigenvalue weighted by atomic mass is 16.3. The van der Waals surface area contributed by atoms with Gasteiger partial charge in [0.15, 0.2) is 0 Å². The summed E-state index contributed by atoms with van der Waals surface area (Å²) in [5, 5.41) is 9.82. The van der Waals surface area contributed by atoms with Gasteiger partial charge in [0.05, 0.1) is 6.10 Å². The first kappa shape index (κ1) is 11.0. The maximum Gasteiger partial charge on any atom is 0.0581 e. The highest BCUT2D eigenvalue weighted by Gasteiger charge is 2.33. The summed E-state index contributed by atoms with van der Waals surface area (Å²) < 4.78 is 0. The van der Waals surface area contributed by atoms with Crippen LogP contribution in [-0.2, 0) is 0 Å². The largest absolute Gasteiger partial charge is 0.393 e. The van der Waals surface area contributed by atoms with Crippen molar-refractivity contribution in [2.24, 2.45) is 11.3 Å². The van der Waals surface area contributed by atoms with Crippen LogP contribution < -0.4 is 0 Å². The topological polar surface area (TPSA) is 23.5 Å². The summed E-state index contributed by atoms with van der Waals surface area (Å²) in [6.07, 6.45) is 3.23. The molecule has 2 heteroatoms. The SMILES string of the molecule is CN(C)CC1CC(C)(C)CCC1O. The summed E-state index contributed by atoms with van der Waals surface area (Å²) in [5.41, 5.74) is 0.430. The van der Waals surface area contributed by atoms with Crippen molar-refractivity contribution in [2.45, 2.75) is 39.2 Å². The van der Waals surface area contributed by atoms with Crippen LogP contribution in [0.2, 0.25) is 0 Å². The van der Waals surface area contributed by atoms with Crippen LogP contribution in [-0.4, -0.2) is 36.8 Å². The lowest BCUT2D eigenvalue weighted by Gasteiger charge is -2.39. The van der Waals surface area contributed by atoms with Gasteiger partial charge in [-0.05, 0) is 44.7 Å². The average Bonchev–Trinajstić information content (AvgIpc) is 1.95. The van der Waals surface area contributed by atoms with Crippen LogP contribution in [0.15, 0.2) is 0 Å². The molecule has 2 nitrogen and oxygen atoms in total. The van der Waals surface area contributed by atoms with Crippen molar-refractivity contribution in [2.75, 3.05) is 20.6 Å². The first-order valence-electron chi connectivity index (χ1n) is 5.23. The Labute approximate surface area is 81.9 Å². The van der Waals surface area contributed by atoms with Crippen LogP contribution in [0.5, 0.6) is 0 Å². The van der Waals surface area contributed by atoms with E-state index in [1.54, 1.807) is 0 Å². The first-order chi connectivity index (χ1) is 5.91. The van der Waals surface area contributed by atoms with Crippen LogP contribution >= 0.6 is 0 Å². The molecule has 1 N–H and O–H groups in total. The Morgan fingerprint density at radius 2 is 2.00 bits per heavy atom. The van der Waals surface area contributed by atoms with Gasteiger partial charge < -0.3 is 10.0 Å². The van der Waals surface area contributed by atoms with Gasteiger partial charge in [0.25, 0.3) is 0 Å². The van der Waals surface area contributed by atoms with Gasteiger partial charge in [-0.15, -0.1) is 0 Å². The summed E-state index contributed by atoms with van der Waals surface area (Å²) >= 11 is 0. The Hall–Kier alpha value is -0.0800. The molecule has 0 heterocycles. The molecule has 0 aliphatic heterocycles. The molecule has 1 fully saturated rings. The molecule has 2 atom stereocenters. The third-order valence-electron chi connectivity index (χ3n) is 3.08. The molecular formula is C11H23NO. The van der Waals surface area contributed by atoms with Crippen molar-refractivity contribution in [3.63, 3.8) is 0 Å². The number of rotatable bonds is 2. The molecule has 0 aromatic carbocycles. The second-order valence-corrected chi connectivity index (χ2v) is 5.50. The van der Waals surface area contributed by atoms with Gasteiger partial charge in [0.2, 0.25) is 0 Å². The zero-order valence-electron chi connectivity index (χ0n) is 9.38. The predicted molar refractivity (Wildman–Crippen MR) is 55.7 cm³/mol. The lowest BCUT2D eigenvalue weighted by Crippen LogP contribution is -2.38. The summed E-state index contributed by atoms with van der Waals surface area (Å²) in [5.74, 6) is 0.471. The van der Waals surface area contributed by atoms with E-state index in [-0.39, 0.29) is 6.10 Å². The van der Waals surface area contributed by atoms with Crippen LogP contribution in [0.3, 0.4) is 0 Å². The van der Waals surface area contributed by atoms with E-state index in [1.807, 2.05) is 0 Å². The minimum Gasteiger partial charge on any atom is -0.393 e. The zero-order chi connectivity index (χ0) is 10.1. The van der Waals surface area contributed by atoms with E-state index >= 15 is 0 Å². The quantitative estimate of drug-likeness (QED) is 0.708. The monoisotopic (exact) mass is 185 g/mol. The third-order valence-corrected chi connectivity index (χ3v) is 3.08. The Kier molecular flexibility index (Phi) is 3.36. The standard InChI is InChI=1S/C11H23NO/c1-11(2)6-5-10(13)9(7-11)8-12(3)4/h9-10,13H,5-8H2,1-4H3. The lowest BCUT2D eigenvalue weighted by atomic mass is 9.71. The molecule has 0 radical (unpaired) electrons. The molecule has 0 amide bonds. The number of aliphatic hydroxyl groups is 1. The molecule has 0 bridgehead atoms. The molecule has 78 valence electrons. The van der Waals surface area contributed by atoms with Gasteiger partial charge in [-0.1, -0.05) is 13.8 Å². The van der Waals surface area contributed by atoms with Gasteiger partial charge in [0.1, 0.15) is 0 Å². The highest BCUT2D eigenvalue weighted by molar-refractivity contribution is 4.85. The van der Waals surface area contributed by atoms with Gasteiger partial charge in [-0.2, -0.15) is 0 Å². The Morgan fingerprint density at radius 3 is 2.54 bits per heavy atom. The second-order valence-electron chi connectivity index (χ2n) is 5.50. The van der Waals surface area contributed by atoms with Crippen molar-refractivity contribution in [3.8, 4) is 0 Å². The normalized spacial score (nSPS) is 33.7. The van der Waals surface area contributed by atoms with E-state index in [1.165, 1.54) is 0 Å². The first-order valence-corrected chi connectivity index (χ1v) is 5.23. The number of hydrogen-bond donors (Lipinski definition) is 1. The number of aliphatic hydroxyl groups excluding tert-OH is 1. The lowest BCUT2D eigenvalue weighted by molar-refractivity contribution is 0.0106. The number of hydrogen-bond acceptors (Lipinski definition) is 2. The highest BCUT2D eigenvalue weighted by Crippen LogP contribution is 2.38. The second kappa shape index (κ2) is 3.97. The van der Waals surface area contributed by atoms with Gasteiger partial charge in [0, 0.05) is 6.54 Å². The minimum atomic E-state index is -0.0737. The molecular weight excluding hydrogens is 162 g/mol. The van der Waals surface area contributed by atoms with Gasteiger partial charge >= 0.3 is 0 Å². The number of nitrogens with zero attached hydrogens (tertiary/aromatic N) is 1. The maximum absolute atomic E-state index is 9.82. The Morgan fingerprint density at radius 1 is 1.38 bits per heavy atom. The molecule has 13 heavy (non-hydrogen) atoms. The summed E-state index contributed by atoms with van der Waals surface area (Å²) in [6, 6.07) is 0. The summed E-state index contributed by atoms with van der Waals surface area (Å²) in [4.78, 5) is 2.18. The molecule has 1 rings (SSSR count). The van der Waals surface area contributed by atoms with Crippen molar-refractivity contribution in [3.05, 3.63) is 0 Å². The molecule has 0 aromatic rings. The maximum atomic E-state index is 9.82. The summed E-state index contributed by atoms with van der Waals surface area (Å²) in [6.45, 7) is 5.63. The average molecular weight is 185 g/mol. The van der Waals surface area contributed by atoms with Crippen molar-refractivity contribution in [1.82, 2.24) is 4.90 Å². The Balaban J connectivity index is 2.50. The van der Waals surface area contributed by atoms with Gasteiger partial charge in [-0.25, -0.2) is 0 Å².